The molecular formula is C14H26N2O. The van der Waals surface area contributed by atoms with E-state index >= 15 is 0 Å². The quantitative estimate of drug-likeness (QED) is 0.761. The summed E-state index contributed by atoms with van der Waals surface area (Å²) in [4.78, 5) is 14.0. The Morgan fingerprint density at radius 2 is 1.94 bits per heavy atom. The second kappa shape index (κ2) is 6.80. The Balaban J connectivity index is 2.26. The maximum absolute atomic E-state index is 11.6. The summed E-state index contributed by atoms with van der Waals surface area (Å²) >= 11 is 0. The first-order chi connectivity index (χ1) is 7.99. The molecule has 1 aliphatic rings. The van der Waals surface area contributed by atoms with Gasteiger partial charge in [-0.25, -0.2) is 0 Å². The summed E-state index contributed by atoms with van der Waals surface area (Å²) in [6.45, 7) is 11.4. The number of likely N-dealkylation sites (tertiary alicyclic amines) is 1. The summed E-state index contributed by atoms with van der Waals surface area (Å²) in [7, 11) is 0. The van der Waals surface area contributed by atoms with Crippen LogP contribution in [0.15, 0.2) is 11.6 Å². The third kappa shape index (κ3) is 5.35. The molecule has 3 heteroatoms. The van der Waals surface area contributed by atoms with Crippen molar-refractivity contribution in [3.63, 3.8) is 0 Å². The van der Waals surface area contributed by atoms with E-state index in [-0.39, 0.29) is 11.8 Å². The number of carbonyl (C=O) groups is 1. The number of carbonyl (C=O) groups excluding carboxylic acids is 1. The van der Waals surface area contributed by atoms with E-state index in [0.29, 0.717) is 6.04 Å². The molecule has 1 amide bonds. The van der Waals surface area contributed by atoms with Gasteiger partial charge in [-0.15, -0.1) is 0 Å². The molecule has 0 saturated carbocycles. The van der Waals surface area contributed by atoms with Crippen molar-refractivity contribution in [2.24, 2.45) is 5.92 Å². The van der Waals surface area contributed by atoms with Crippen LogP contribution in [-0.4, -0.2) is 36.5 Å². The van der Waals surface area contributed by atoms with E-state index in [2.05, 4.69) is 30.1 Å². The average Bonchev–Trinajstić information content (AvgIpc) is 2.28. The van der Waals surface area contributed by atoms with Gasteiger partial charge >= 0.3 is 0 Å². The Kier molecular flexibility index (Phi) is 5.69. The number of allylic oxidation sites excluding steroid dienone is 1. The minimum atomic E-state index is 0.0960. The highest BCUT2D eigenvalue weighted by molar-refractivity contribution is 5.78. The van der Waals surface area contributed by atoms with E-state index in [1.165, 1.54) is 5.57 Å². The highest BCUT2D eigenvalue weighted by Gasteiger charge is 2.20. The molecule has 3 nitrogen and oxygen atoms in total. The minimum Gasteiger partial charge on any atom is -0.353 e. The van der Waals surface area contributed by atoms with Gasteiger partial charge in [-0.05, 0) is 26.7 Å². The highest BCUT2D eigenvalue weighted by Crippen LogP contribution is 2.11. The molecule has 0 unspecified atom stereocenters. The first kappa shape index (κ1) is 14.2. The monoisotopic (exact) mass is 238 g/mol. The van der Waals surface area contributed by atoms with Gasteiger partial charge < -0.3 is 5.32 Å². The molecule has 0 radical (unpaired) electrons. The van der Waals surface area contributed by atoms with Crippen LogP contribution in [0.2, 0.25) is 0 Å². The number of piperidine rings is 1. The van der Waals surface area contributed by atoms with Gasteiger partial charge in [0.15, 0.2) is 0 Å². The Morgan fingerprint density at radius 3 is 2.41 bits per heavy atom. The van der Waals surface area contributed by atoms with Crippen molar-refractivity contribution < 1.29 is 4.79 Å². The topological polar surface area (TPSA) is 32.3 Å². The fourth-order valence-corrected chi connectivity index (χ4v) is 1.94. The van der Waals surface area contributed by atoms with Gasteiger partial charge in [0.05, 0.1) is 0 Å². The van der Waals surface area contributed by atoms with Crippen molar-refractivity contribution in [2.75, 3.05) is 19.6 Å². The number of amides is 1. The van der Waals surface area contributed by atoms with Crippen LogP contribution < -0.4 is 5.32 Å². The van der Waals surface area contributed by atoms with E-state index in [0.717, 1.165) is 32.5 Å². The third-order valence-electron chi connectivity index (χ3n) is 3.22. The third-order valence-corrected chi connectivity index (χ3v) is 3.22. The van der Waals surface area contributed by atoms with E-state index in [4.69, 9.17) is 0 Å². The zero-order chi connectivity index (χ0) is 12.8. The normalized spacial score (nSPS) is 18.2. The van der Waals surface area contributed by atoms with Crippen LogP contribution in [0.1, 0.15) is 40.5 Å². The van der Waals surface area contributed by atoms with Crippen molar-refractivity contribution in [3.05, 3.63) is 11.6 Å². The molecule has 1 rings (SSSR count). The van der Waals surface area contributed by atoms with Crippen LogP contribution in [0.3, 0.4) is 0 Å². The molecule has 0 aromatic carbocycles. The molecule has 1 heterocycles. The standard InChI is InChI=1S/C14H26N2O/c1-11(2)5-8-16-9-6-13(7-10-16)15-14(17)12(3)4/h5,12-13H,6-10H2,1-4H3,(H,15,17). The van der Waals surface area contributed by atoms with Crippen molar-refractivity contribution in [3.8, 4) is 0 Å². The fraction of sp³-hybridized carbons (Fsp3) is 0.786. The van der Waals surface area contributed by atoms with Gasteiger partial charge in [-0.3, -0.25) is 9.69 Å². The van der Waals surface area contributed by atoms with Gasteiger partial charge in [0.25, 0.3) is 0 Å². The van der Waals surface area contributed by atoms with Crippen LogP contribution in [-0.2, 0) is 4.79 Å². The summed E-state index contributed by atoms with van der Waals surface area (Å²) in [6, 6.07) is 0.382. The Labute approximate surface area is 105 Å². The molecule has 1 N–H and O–H groups in total. The van der Waals surface area contributed by atoms with Gasteiger partial charge in [-0.1, -0.05) is 25.5 Å². The number of nitrogens with zero attached hydrogens (tertiary/aromatic N) is 1. The number of nitrogens with one attached hydrogen (secondary N) is 1. The van der Waals surface area contributed by atoms with Crippen LogP contribution in [0.4, 0.5) is 0 Å². The highest BCUT2D eigenvalue weighted by atomic mass is 16.1. The summed E-state index contributed by atoms with van der Waals surface area (Å²) in [5.41, 5.74) is 1.38. The first-order valence-electron chi connectivity index (χ1n) is 6.65. The van der Waals surface area contributed by atoms with Crippen molar-refractivity contribution in [1.29, 1.82) is 0 Å². The molecule has 1 saturated heterocycles. The van der Waals surface area contributed by atoms with E-state index < -0.39 is 0 Å². The molecule has 0 aromatic rings. The molecule has 98 valence electrons. The second-order valence-corrected chi connectivity index (χ2v) is 5.52. The number of rotatable bonds is 4. The molecule has 1 aliphatic heterocycles. The molecular weight excluding hydrogens is 212 g/mol. The molecule has 0 aromatic heterocycles. The first-order valence-corrected chi connectivity index (χ1v) is 6.65. The van der Waals surface area contributed by atoms with Crippen LogP contribution in [0, 0.1) is 5.92 Å². The van der Waals surface area contributed by atoms with Crippen LogP contribution in [0.25, 0.3) is 0 Å². The van der Waals surface area contributed by atoms with Crippen molar-refractivity contribution in [2.45, 2.75) is 46.6 Å². The zero-order valence-corrected chi connectivity index (χ0v) is 11.6. The molecule has 0 bridgehead atoms. The average molecular weight is 238 g/mol. The summed E-state index contributed by atoms with van der Waals surface area (Å²) in [6.07, 6.45) is 4.43. The van der Waals surface area contributed by atoms with Crippen molar-refractivity contribution in [1.82, 2.24) is 10.2 Å². The lowest BCUT2D eigenvalue weighted by Crippen LogP contribution is -2.45. The Hall–Kier alpha value is -0.830. The number of hydrogen-bond acceptors (Lipinski definition) is 2. The van der Waals surface area contributed by atoms with Crippen molar-refractivity contribution >= 4 is 5.91 Å². The van der Waals surface area contributed by atoms with Gasteiger partial charge in [0.2, 0.25) is 5.91 Å². The Bertz CT molecular complexity index is 272. The predicted molar refractivity (Wildman–Crippen MR) is 71.9 cm³/mol. The Morgan fingerprint density at radius 1 is 1.35 bits per heavy atom. The van der Waals surface area contributed by atoms with Gasteiger partial charge in [0.1, 0.15) is 0 Å². The summed E-state index contributed by atoms with van der Waals surface area (Å²) < 4.78 is 0. The molecule has 1 fully saturated rings. The van der Waals surface area contributed by atoms with Crippen LogP contribution >= 0.6 is 0 Å². The maximum Gasteiger partial charge on any atom is 0.222 e. The van der Waals surface area contributed by atoms with E-state index in [9.17, 15) is 4.79 Å². The number of hydrogen-bond donors (Lipinski definition) is 1. The summed E-state index contributed by atoms with van der Waals surface area (Å²) in [5.74, 6) is 0.284. The smallest absolute Gasteiger partial charge is 0.222 e. The molecule has 0 spiro atoms. The fourth-order valence-electron chi connectivity index (χ4n) is 1.94. The van der Waals surface area contributed by atoms with E-state index in [1.807, 2.05) is 13.8 Å². The lowest BCUT2D eigenvalue weighted by Gasteiger charge is -2.32. The van der Waals surface area contributed by atoms with Gasteiger partial charge in [0, 0.05) is 31.6 Å². The maximum atomic E-state index is 11.6. The predicted octanol–water partition coefficient (Wildman–Crippen LogP) is 2.19. The second-order valence-electron chi connectivity index (χ2n) is 5.52. The lowest BCUT2D eigenvalue weighted by molar-refractivity contribution is -0.125. The van der Waals surface area contributed by atoms with E-state index in [1.54, 1.807) is 0 Å². The molecule has 17 heavy (non-hydrogen) atoms. The minimum absolute atomic E-state index is 0.0960. The summed E-state index contributed by atoms with van der Waals surface area (Å²) in [5, 5.41) is 3.12. The molecule has 0 aliphatic carbocycles. The van der Waals surface area contributed by atoms with Crippen LogP contribution in [0.5, 0.6) is 0 Å². The SMILES string of the molecule is CC(C)=CCN1CCC(NC(=O)C(C)C)CC1. The van der Waals surface area contributed by atoms with Gasteiger partial charge in [-0.2, -0.15) is 0 Å². The zero-order valence-electron chi connectivity index (χ0n) is 11.6. The largest absolute Gasteiger partial charge is 0.353 e. The lowest BCUT2D eigenvalue weighted by atomic mass is 10.0. The molecule has 0 atom stereocenters.